The molecule has 0 unspecified atom stereocenters. The molecule has 0 bridgehead atoms. The summed E-state index contributed by atoms with van der Waals surface area (Å²) in [5, 5.41) is 16.7. The van der Waals surface area contributed by atoms with Crippen molar-refractivity contribution in [2.75, 3.05) is 33.5 Å². The van der Waals surface area contributed by atoms with Crippen molar-refractivity contribution in [1.82, 2.24) is 0 Å². The number of methoxy groups -OCH3 is 4. The van der Waals surface area contributed by atoms with E-state index in [0.717, 1.165) is 23.0 Å². The molecule has 180 valence electrons. The fourth-order valence-electron chi connectivity index (χ4n) is 1.83. The van der Waals surface area contributed by atoms with Crippen molar-refractivity contribution in [2.24, 2.45) is 0 Å². The number of hydrogen-bond acceptors (Lipinski definition) is 8. The van der Waals surface area contributed by atoms with E-state index in [1.165, 1.54) is 0 Å². The Kier molecular flexibility index (Phi) is 21.2. The normalized spacial score (nSPS) is 8.69. The van der Waals surface area contributed by atoms with Crippen molar-refractivity contribution in [2.45, 2.75) is 19.3 Å². The average Bonchev–Trinajstić information content (AvgIpc) is 2.80. The van der Waals surface area contributed by atoms with Crippen LogP contribution in [0.2, 0.25) is 0 Å². The molecule has 0 aliphatic heterocycles. The highest BCUT2D eigenvalue weighted by Gasteiger charge is 1.99. The topological polar surface area (TPSA) is 112 Å². The molecule has 2 N–H and O–H groups in total. The molecule has 0 fully saturated rings. The predicted octanol–water partition coefficient (Wildman–Crippen LogP) is 4.54. The van der Waals surface area contributed by atoms with Crippen molar-refractivity contribution in [3.8, 4) is 23.0 Å². The summed E-state index contributed by atoms with van der Waals surface area (Å²) in [6, 6.07) is 14.9. The van der Waals surface area contributed by atoms with Gasteiger partial charge in [0, 0.05) is 24.0 Å². The Morgan fingerprint density at radius 3 is 1.25 bits per heavy atom. The predicted molar refractivity (Wildman–Crippen MR) is 131 cm³/mol. The number of carboxylic acid groups (broad SMARTS) is 2. The number of ether oxygens (including phenoxy) is 4. The van der Waals surface area contributed by atoms with Crippen LogP contribution in [0, 0.1) is 0 Å². The minimum Gasteiger partial charge on any atom is -0.497 e. The molecule has 2 aromatic rings. The molecule has 0 aromatic heterocycles. The second-order valence-corrected chi connectivity index (χ2v) is 6.68. The van der Waals surface area contributed by atoms with Gasteiger partial charge in [-0.15, -0.1) is 0 Å². The number of hydrogen-bond donors (Lipinski definition) is 4. The molecule has 0 amide bonds. The summed E-state index contributed by atoms with van der Waals surface area (Å²) < 4.78 is 19.9. The second kappa shape index (κ2) is 21.5. The molecule has 0 saturated heterocycles. The van der Waals surface area contributed by atoms with Gasteiger partial charge in [-0.25, -0.2) is 0 Å². The minimum absolute atomic E-state index is 0.0632. The molecule has 0 aliphatic carbocycles. The Balaban J connectivity index is 0. The first-order valence-electron chi connectivity index (χ1n) is 9.29. The zero-order valence-electron chi connectivity index (χ0n) is 18.7. The Morgan fingerprint density at radius 1 is 0.688 bits per heavy atom. The van der Waals surface area contributed by atoms with Crippen LogP contribution in [0.15, 0.2) is 48.5 Å². The lowest BCUT2D eigenvalue weighted by Crippen LogP contribution is -1.98. The van der Waals surface area contributed by atoms with Crippen molar-refractivity contribution in [3.63, 3.8) is 0 Å². The first-order valence-corrected chi connectivity index (χ1v) is 10.6. The standard InChI is InChI=1S/2C8H10O2.C5H8O4.CH4S2/c1-9-7-3-5-8(10-2)6-4-7;1-9-7-4-3-5-8(6-7)10-2;6-4(7)2-1-3-5(8)9;2-1-3/h2*3-6H,1-2H3;1-3H2,(H,6,7)(H,8,9);2-3H,1H2. The Hall–Kier alpha value is -2.72. The van der Waals surface area contributed by atoms with Gasteiger partial charge < -0.3 is 29.2 Å². The van der Waals surface area contributed by atoms with Crippen LogP contribution in [-0.2, 0) is 9.59 Å². The van der Waals surface area contributed by atoms with Crippen LogP contribution < -0.4 is 18.9 Å². The lowest BCUT2D eigenvalue weighted by Gasteiger charge is -2.01. The van der Waals surface area contributed by atoms with Gasteiger partial charge in [-0.2, -0.15) is 25.3 Å². The van der Waals surface area contributed by atoms with E-state index in [9.17, 15) is 9.59 Å². The van der Waals surface area contributed by atoms with Gasteiger partial charge in [-0.3, -0.25) is 9.59 Å². The van der Waals surface area contributed by atoms with E-state index in [1.807, 2.05) is 48.5 Å². The Labute approximate surface area is 200 Å². The molecule has 2 rings (SSSR count). The highest BCUT2D eigenvalue weighted by atomic mass is 32.2. The molecular formula is C22H32O8S2. The van der Waals surface area contributed by atoms with E-state index < -0.39 is 11.9 Å². The maximum Gasteiger partial charge on any atom is 0.303 e. The largest absolute Gasteiger partial charge is 0.497 e. The molecule has 0 heterocycles. The summed E-state index contributed by atoms with van der Waals surface area (Å²) in [4.78, 5) is 19.6. The summed E-state index contributed by atoms with van der Waals surface area (Å²) in [5.74, 6) is 1.44. The molecule has 2 aromatic carbocycles. The number of benzene rings is 2. The highest BCUT2D eigenvalue weighted by molar-refractivity contribution is 7.98. The summed E-state index contributed by atoms with van der Waals surface area (Å²) >= 11 is 7.31. The molecule has 0 atom stereocenters. The van der Waals surface area contributed by atoms with E-state index in [0.29, 0.717) is 5.08 Å². The van der Waals surface area contributed by atoms with Crippen LogP contribution in [0.1, 0.15) is 19.3 Å². The van der Waals surface area contributed by atoms with Crippen molar-refractivity contribution in [3.05, 3.63) is 48.5 Å². The number of carboxylic acids is 2. The molecule has 8 nitrogen and oxygen atoms in total. The zero-order valence-corrected chi connectivity index (χ0v) is 20.5. The third-order valence-corrected chi connectivity index (χ3v) is 3.35. The maximum atomic E-state index is 9.79. The third-order valence-electron chi connectivity index (χ3n) is 3.35. The number of carbonyl (C=O) groups is 2. The first kappa shape index (κ1) is 31.5. The van der Waals surface area contributed by atoms with Crippen LogP contribution in [-0.4, -0.2) is 55.7 Å². The maximum absolute atomic E-state index is 9.79. The smallest absolute Gasteiger partial charge is 0.303 e. The first-order chi connectivity index (χ1) is 15.3. The summed E-state index contributed by atoms with van der Waals surface area (Å²) in [6.07, 6.45) is 0.0866. The fourth-order valence-corrected chi connectivity index (χ4v) is 1.83. The lowest BCUT2D eigenvalue weighted by atomic mass is 10.2. The van der Waals surface area contributed by atoms with Crippen LogP contribution in [0.5, 0.6) is 23.0 Å². The van der Waals surface area contributed by atoms with Crippen LogP contribution in [0.3, 0.4) is 0 Å². The second-order valence-electron chi connectivity index (χ2n) is 5.55. The quantitative estimate of drug-likeness (QED) is 0.317. The van der Waals surface area contributed by atoms with Crippen molar-refractivity contribution < 1.29 is 38.7 Å². The molecular weight excluding hydrogens is 456 g/mol. The Bertz CT molecular complexity index is 683. The number of thiol groups is 2. The van der Waals surface area contributed by atoms with Gasteiger partial charge in [0.1, 0.15) is 23.0 Å². The fraction of sp³-hybridized carbons (Fsp3) is 0.364. The molecule has 0 radical (unpaired) electrons. The molecule has 10 heteroatoms. The lowest BCUT2D eigenvalue weighted by molar-refractivity contribution is -0.138. The molecule has 32 heavy (non-hydrogen) atoms. The van der Waals surface area contributed by atoms with Crippen molar-refractivity contribution >= 4 is 37.2 Å². The molecule has 0 aliphatic rings. The van der Waals surface area contributed by atoms with E-state index in [2.05, 4.69) is 25.3 Å². The van der Waals surface area contributed by atoms with Gasteiger partial charge in [-0.05, 0) is 42.8 Å². The number of aliphatic carboxylic acids is 2. The highest BCUT2D eigenvalue weighted by Crippen LogP contribution is 2.17. The number of rotatable bonds is 8. The minimum atomic E-state index is -0.948. The van der Waals surface area contributed by atoms with E-state index in [1.54, 1.807) is 28.4 Å². The van der Waals surface area contributed by atoms with Gasteiger partial charge in [0.05, 0.1) is 28.4 Å². The van der Waals surface area contributed by atoms with Gasteiger partial charge in [0.15, 0.2) is 0 Å². The molecule has 0 spiro atoms. The van der Waals surface area contributed by atoms with Gasteiger partial charge >= 0.3 is 11.9 Å². The van der Waals surface area contributed by atoms with E-state index >= 15 is 0 Å². The van der Waals surface area contributed by atoms with Crippen molar-refractivity contribution in [1.29, 1.82) is 0 Å². The van der Waals surface area contributed by atoms with E-state index in [4.69, 9.17) is 29.2 Å². The monoisotopic (exact) mass is 488 g/mol. The van der Waals surface area contributed by atoms with Crippen LogP contribution in [0.4, 0.5) is 0 Å². The van der Waals surface area contributed by atoms with Gasteiger partial charge in [0.2, 0.25) is 0 Å². The zero-order chi connectivity index (χ0) is 24.8. The summed E-state index contributed by atoms with van der Waals surface area (Å²) in [7, 11) is 6.55. The van der Waals surface area contributed by atoms with Gasteiger partial charge in [-0.1, -0.05) is 6.07 Å². The van der Waals surface area contributed by atoms with Crippen LogP contribution >= 0.6 is 25.3 Å². The summed E-state index contributed by atoms with van der Waals surface area (Å²) in [5.41, 5.74) is 0. The van der Waals surface area contributed by atoms with Gasteiger partial charge in [0.25, 0.3) is 0 Å². The average molecular weight is 489 g/mol. The third kappa shape index (κ3) is 19.3. The summed E-state index contributed by atoms with van der Waals surface area (Å²) in [6.45, 7) is 0. The molecule has 0 saturated carbocycles. The SMILES string of the molecule is COc1ccc(OC)cc1.COc1cccc(OC)c1.O=C(O)CCCC(=O)O.SCS. The van der Waals surface area contributed by atoms with E-state index in [-0.39, 0.29) is 19.3 Å². The van der Waals surface area contributed by atoms with Crippen LogP contribution in [0.25, 0.3) is 0 Å². The Morgan fingerprint density at radius 2 is 1.00 bits per heavy atom.